The van der Waals surface area contributed by atoms with Gasteiger partial charge < -0.3 is 5.21 Å². The van der Waals surface area contributed by atoms with Gasteiger partial charge in [0.05, 0.1) is 0 Å². The predicted octanol–water partition coefficient (Wildman–Crippen LogP) is 1.58. The average Bonchev–Trinajstić information content (AvgIpc) is 1.85. The van der Waals surface area contributed by atoms with E-state index in [2.05, 4.69) is 0 Å². The topological polar surface area (TPSA) is 52.5 Å². The molecule has 0 aromatic carbocycles. The van der Waals surface area contributed by atoms with Gasteiger partial charge in [-0.15, -0.1) is 0 Å². The van der Waals surface area contributed by atoms with Gasteiger partial charge in [-0.05, 0) is 12.8 Å². The molecule has 0 radical (unpaired) electrons. The van der Waals surface area contributed by atoms with E-state index >= 15 is 0 Å². The lowest BCUT2D eigenvalue weighted by molar-refractivity contribution is -1.20. The first kappa shape index (κ1) is 8.93. The molecule has 66 valence electrons. The Labute approximate surface area is 66.5 Å². The van der Waals surface area contributed by atoms with Gasteiger partial charge in [0.25, 0.3) is 0 Å². The Hall–Kier alpha value is -0.160. The molecule has 1 fully saturated rings. The number of hydrogen-bond acceptors (Lipinski definition) is 3. The van der Waals surface area contributed by atoms with Crippen molar-refractivity contribution in [2.75, 3.05) is 7.05 Å². The highest BCUT2D eigenvalue weighted by molar-refractivity contribution is 4.63. The summed E-state index contributed by atoms with van der Waals surface area (Å²) in [6.07, 6.45) is 5.17. The van der Waals surface area contributed by atoms with Crippen LogP contribution >= 0.6 is 0 Å². The lowest BCUT2D eigenvalue weighted by Crippen LogP contribution is -2.38. The lowest BCUT2D eigenvalue weighted by atomic mass is 9.98. The number of hydroxylamine groups is 3. The third kappa shape index (κ3) is 3.67. The number of rotatable bonds is 2. The van der Waals surface area contributed by atoms with Gasteiger partial charge in [-0.3, -0.25) is 0 Å². The normalized spacial score (nSPS) is 26.5. The number of hydrogen-bond donors (Lipinski definition) is 1. The zero-order chi connectivity index (χ0) is 8.32. The summed E-state index contributed by atoms with van der Waals surface area (Å²) in [5.41, 5.74) is 0. The molecule has 0 bridgehead atoms. The molecule has 0 aromatic rings. The molecular formula is C7H15NO3. The van der Waals surface area contributed by atoms with Crippen molar-refractivity contribution in [2.24, 2.45) is 0 Å². The molecule has 1 aliphatic carbocycles. The summed E-state index contributed by atoms with van der Waals surface area (Å²) in [6, 6.07) is 0. The molecule has 1 unspecified atom stereocenters. The molecule has 4 nitrogen and oxygen atoms in total. The molecule has 11 heavy (non-hydrogen) atoms. The second kappa shape index (κ2) is 3.49. The van der Waals surface area contributed by atoms with Gasteiger partial charge in [-0.25, -0.2) is 0 Å². The third-order valence-corrected chi connectivity index (χ3v) is 1.90. The van der Waals surface area contributed by atoms with Gasteiger partial charge in [0, 0.05) is 0 Å². The molecule has 0 amide bonds. The Balaban J connectivity index is 2.24. The Morgan fingerprint density at radius 2 is 1.91 bits per heavy atom. The predicted molar refractivity (Wildman–Crippen MR) is 39.3 cm³/mol. The van der Waals surface area contributed by atoms with Gasteiger partial charge >= 0.3 is 0 Å². The molecule has 4 heteroatoms. The number of nitrogens with zero attached hydrogens (tertiary/aromatic N) is 1. The minimum Gasteiger partial charge on any atom is -0.564 e. The third-order valence-electron chi connectivity index (χ3n) is 1.90. The van der Waals surface area contributed by atoms with Gasteiger partial charge in [0.2, 0.25) is 0 Å². The highest BCUT2D eigenvalue weighted by Gasteiger charge is 2.21. The first-order valence-corrected chi connectivity index (χ1v) is 4.06. The van der Waals surface area contributed by atoms with Crippen molar-refractivity contribution >= 4 is 0 Å². The van der Waals surface area contributed by atoms with Crippen LogP contribution in [0.15, 0.2) is 0 Å². The summed E-state index contributed by atoms with van der Waals surface area (Å²) in [6.45, 7) is 0. The molecule has 0 aromatic heterocycles. The van der Waals surface area contributed by atoms with Crippen LogP contribution in [0.1, 0.15) is 32.1 Å². The molecule has 1 N–H and O–H groups in total. The second-order valence-corrected chi connectivity index (χ2v) is 3.17. The fourth-order valence-corrected chi connectivity index (χ4v) is 1.45. The average molecular weight is 161 g/mol. The van der Waals surface area contributed by atoms with Crippen molar-refractivity contribution in [1.82, 2.24) is 0 Å². The van der Waals surface area contributed by atoms with E-state index < -0.39 is 4.97 Å². The molecule has 1 saturated carbocycles. The van der Waals surface area contributed by atoms with E-state index in [1.165, 1.54) is 6.42 Å². The highest BCUT2D eigenvalue weighted by atomic mass is 17.1. The van der Waals surface area contributed by atoms with Crippen molar-refractivity contribution in [3.05, 3.63) is 5.21 Å². The Bertz CT molecular complexity index is 115. The maximum atomic E-state index is 10.6. The number of quaternary nitrogens is 1. The quantitative estimate of drug-likeness (QED) is 0.494. The van der Waals surface area contributed by atoms with E-state index in [-0.39, 0.29) is 6.10 Å². The smallest absolute Gasteiger partial charge is 0.132 e. The zero-order valence-electron chi connectivity index (χ0n) is 6.82. The van der Waals surface area contributed by atoms with Crippen LogP contribution in [0.2, 0.25) is 0 Å². The monoisotopic (exact) mass is 161 g/mol. The lowest BCUT2D eigenvalue weighted by Gasteiger charge is -2.31. The summed E-state index contributed by atoms with van der Waals surface area (Å²) in [4.78, 5) is 3.21. The molecule has 0 spiro atoms. The van der Waals surface area contributed by atoms with Crippen LogP contribution in [0.4, 0.5) is 0 Å². The summed E-state index contributed by atoms with van der Waals surface area (Å²) >= 11 is 0. The Morgan fingerprint density at radius 3 is 2.36 bits per heavy atom. The van der Waals surface area contributed by atoms with E-state index in [1.807, 2.05) is 0 Å². The SMILES string of the molecule is C[N+]([O-])(O)OC1CCCCC1. The summed E-state index contributed by atoms with van der Waals surface area (Å²) in [5.74, 6) is 0. The largest absolute Gasteiger partial charge is 0.564 e. The Morgan fingerprint density at radius 1 is 1.36 bits per heavy atom. The molecule has 0 heterocycles. The molecule has 1 rings (SSSR count). The molecule has 0 saturated heterocycles. The summed E-state index contributed by atoms with van der Waals surface area (Å²) in [5, 5.41) is 19.4. The minimum absolute atomic E-state index is 0.0451. The van der Waals surface area contributed by atoms with E-state index in [1.54, 1.807) is 0 Å². The van der Waals surface area contributed by atoms with Crippen molar-refractivity contribution in [1.29, 1.82) is 0 Å². The molecule has 0 aliphatic heterocycles. The van der Waals surface area contributed by atoms with Crippen molar-refractivity contribution in [3.8, 4) is 0 Å². The molecular weight excluding hydrogens is 146 g/mol. The van der Waals surface area contributed by atoms with Crippen LogP contribution in [0.3, 0.4) is 0 Å². The van der Waals surface area contributed by atoms with Crippen LogP contribution in [0.5, 0.6) is 0 Å². The Kier molecular flexibility index (Phi) is 2.84. The first-order chi connectivity index (χ1) is 5.08. The second-order valence-electron chi connectivity index (χ2n) is 3.17. The van der Waals surface area contributed by atoms with Crippen molar-refractivity contribution < 1.29 is 15.0 Å². The van der Waals surface area contributed by atoms with Crippen LogP contribution in [0, 0.1) is 5.21 Å². The van der Waals surface area contributed by atoms with Crippen LogP contribution in [-0.4, -0.2) is 23.3 Å². The molecule has 1 aliphatic rings. The van der Waals surface area contributed by atoms with E-state index in [0.717, 1.165) is 32.7 Å². The summed E-state index contributed by atoms with van der Waals surface area (Å²) < 4.78 is 0. The van der Waals surface area contributed by atoms with Gasteiger partial charge in [0.15, 0.2) is 0 Å². The van der Waals surface area contributed by atoms with E-state index in [9.17, 15) is 5.21 Å². The van der Waals surface area contributed by atoms with Crippen molar-refractivity contribution in [2.45, 2.75) is 38.2 Å². The van der Waals surface area contributed by atoms with Crippen LogP contribution in [0.25, 0.3) is 0 Å². The van der Waals surface area contributed by atoms with Crippen molar-refractivity contribution in [3.63, 3.8) is 0 Å². The first-order valence-electron chi connectivity index (χ1n) is 4.06. The van der Waals surface area contributed by atoms with Crippen LogP contribution < -0.4 is 0 Å². The van der Waals surface area contributed by atoms with E-state index in [4.69, 9.17) is 10.0 Å². The summed E-state index contributed by atoms with van der Waals surface area (Å²) in [7, 11) is 1.08. The maximum Gasteiger partial charge on any atom is 0.132 e. The van der Waals surface area contributed by atoms with Gasteiger partial charge in [-0.1, -0.05) is 24.2 Å². The van der Waals surface area contributed by atoms with Crippen LogP contribution in [-0.2, 0) is 4.84 Å². The standard InChI is InChI=1S/C7H15NO3/c1-8(9,10)11-7-5-3-2-4-6-7/h7,9H,2-6H2,1H3. The van der Waals surface area contributed by atoms with Gasteiger partial charge in [-0.2, -0.15) is 10.0 Å². The van der Waals surface area contributed by atoms with Gasteiger partial charge in [0.1, 0.15) is 13.2 Å². The fraction of sp³-hybridized carbons (Fsp3) is 1.00. The molecule has 1 atom stereocenters. The van der Waals surface area contributed by atoms with E-state index in [0.29, 0.717) is 0 Å². The fourth-order valence-electron chi connectivity index (χ4n) is 1.45. The maximum absolute atomic E-state index is 10.6. The highest BCUT2D eigenvalue weighted by Crippen LogP contribution is 2.21. The minimum atomic E-state index is -1.61. The zero-order valence-corrected chi connectivity index (χ0v) is 6.82.